The van der Waals surface area contributed by atoms with E-state index < -0.39 is 0 Å². The number of allylic oxidation sites excluding steroid dienone is 1. The fraction of sp³-hybridized carbons (Fsp3) is 0.538. The Balaban J connectivity index is 1.56. The van der Waals surface area contributed by atoms with Gasteiger partial charge in [0.25, 0.3) is 5.91 Å². The molecule has 3 rings (SSSR count). The molecule has 0 bridgehead atoms. The van der Waals surface area contributed by atoms with Crippen molar-refractivity contribution in [2.24, 2.45) is 10.7 Å². The van der Waals surface area contributed by atoms with Gasteiger partial charge in [-0.2, -0.15) is 0 Å². The third-order valence-corrected chi connectivity index (χ3v) is 7.34. The number of aliphatic imine (C=N–C) groups is 1. The monoisotopic (exact) mass is 520 g/mol. The minimum absolute atomic E-state index is 0.111. The van der Waals surface area contributed by atoms with E-state index in [0.29, 0.717) is 39.7 Å². The van der Waals surface area contributed by atoms with Gasteiger partial charge >= 0.3 is 0 Å². The van der Waals surface area contributed by atoms with E-state index >= 15 is 0 Å². The van der Waals surface area contributed by atoms with Crippen LogP contribution >= 0.6 is 23.2 Å². The summed E-state index contributed by atoms with van der Waals surface area (Å²) in [4.78, 5) is 20.5. The summed E-state index contributed by atoms with van der Waals surface area (Å²) in [6.07, 6.45) is 8.99. The highest BCUT2D eigenvalue weighted by Crippen LogP contribution is 2.22. The van der Waals surface area contributed by atoms with Gasteiger partial charge in [0.15, 0.2) is 0 Å². The molecule has 0 radical (unpaired) electrons. The van der Waals surface area contributed by atoms with Crippen molar-refractivity contribution < 1.29 is 4.79 Å². The van der Waals surface area contributed by atoms with Crippen LogP contribution in [0, 0.1) is 0 Å². The first kappa shape index (κ1) is 27.5. The molecule has 2 fully saturated rings. The molecule has 5 N–H and O–H groups in total. The predicted molar refractivity (Wildman–Crippen MR) is 146 cm³/mol. The number of halogens is 2. The lowest BCUT2D eigenvalue weighted by atomic mass is 10.0. The maximum atomic E-state index is 13.1. The number of rotatable bonds is 9. The van der Waals surface area contributed by atoms with E-state index in [9.17, 15) is 4.79 Å². The lowest BCUT2D eigenvalue weighted by molar-refractivity contribution is -0.114. The van der Waals surface area contributed by atoms with Crippen molar-refractivity contribution in [3.63, 3.8) is 0 Å². The summed E-state index contributed by atoms with van der Waals surface area (Å²) in [5.74, 6) is 0.321. The molecule has 7 nitrogen and oxygen atoms in total. The van der Waals surface area contributed by atoms with Gasteiger partial charge in [-0.05, 0) is 81.6 Å². The van der Waals surface area contributed by atoms with Gasteiger partial charge in [0, 0.05) is 32.2 Å². The molecule has 2 aliphatic rings. The van der Waals surface area contributed by atoms with Crippen LogP contribution in [0.2, 0.25) is 10.0 Å². The highest BCUT2D eigenvalue weighted by molar-refractivity contribution is 6.45. The number of carbonyl (C=O) groups is 1. The Morgan fingerprint density at radius 2 is 2.00 bits per heavy atom. The van der Waals surface area contributed by atoms with Gasteiger partial charge in [0.2, 0.25) is 0 Å². The van der Waals surface area contributed by atoms with Crippen molar-refractivity contribution in [3.8, 4) is 0 Å². The maximum absolute atomic E-state index is 13.1. The number of amides is 1. The first-order valence-corrected chi connectivity index (χ1v) is 13.2. The lowest BCUT2D eigenvalue weighted by Gasteiger charge is -2.34. The van der Waals surface area contributed by atoms with Crippen LogP contribution in [0.1, 0.15) is 51.5 Å². The fourth-order valence-corrected chi connectivity index (χ4v) is 4.79. The Kier molecular flexibility index (Phi) is 10.9. The van der Waals surface area contributed by atoms with Gasteiger partial charge in [0.05, 0.1) is 16.1 Å². The molecular weight excluding hydrogens is 483 g/mol. The summed E-state index contributed by atoms with van der Waals surface area (Å²) in [7, 11) is 0. The van der Waals surface area contributed by atoms with E-state index in [2.05, 4.69) is 20.9 Å². The Labute approximate surface area is 219 Å². The normalized spacial score (nSPS) is 21.1. The van der Waals surface area contributed by atoms with Crippen molar-refractivity contribution in [2.75, 3.05) is 26.2 Å². The third-order valence-electron chi connectivity index (χ3n) is 6.60. The molecule has 0 aromatic heterocycles. The summed E-state index contributed by atoms with van der Waals surface area (Å²) in [5.41, 5.74) is 7.78. The van der Waals surface area contributed by atoms with Crippen LogP contribution in [0.3, 0.4) is 0 Å². The summed E-state index contributed by atoms with van der Waals surface area (Å²) in [6, 6.07) is 6.16. The van der Waals surface area contributed by atoms with Crippen molar-refractivity contribution in [1.82, 2.24) is 20.9 Å². The van der Waals surface area contributed by atoms with Crippen LogP contribution in [0.15, 0.2) is 46.9 Å². The van der Waals surface area contributed by atoms with Crippen LogP contribution in [-0.4, -0.2) is 54.8 Å². The van der Waals surface area contributed by atoms with E-state index in [1.807, 2.05) is 26.0 Å². The van der Waals surface area contributed by atoms with E-state index in [1.54, 1.807) is 12.1 Å². The van der Waals surface area contributed by atoms with Gasteiger partial charge < -0.3 is 26.6 Å². The first-order valence-electron chi connectivity index (χ1n) is 12.5. The van der Waals surface area contributed by atoms with Gasteiger partial charge in [-0.15, -0.1) is 0 Å². The summed E-state index contributed by atoms with van der Waals surface area (Å²) >= 11 is 12.1. The molecule has 0 saturated carbocycles. The molecule has 1 unspecified atom stereocenters. The molecule has 2 aliphatic heterocycles. The number of carbonyl (C=O) groups excluding carboxylic acids is 1. The zero-order valence-corrected chi connectivity index (χ0v) is 22.3. The molecule has 0 aliphatic carbocycles. The van der Waals surface area contributed by atoms with Crippen molar-refractivity contribution >= 4 is 34.8 Å². The second kappa shape index (κ2) is 13.9. The smallest absolute Gasteiger partial charge is 0.275 e. The number of hydrogen-bond acceptors (Lipinski definition) is 6. The van der Waals surface area contributed by atoms with Gasteiger partial charge in [-0.1, -0.05) is 35.7 Å². The Morgan fingerprint density at radius 1 is 1.23 bits per heavy atom. The highest BCUT2D eigenvalue weighted by Gasteiger charge is 2.24. The van der Waals surface area contributed by atoms with Gasteiger partial charge in [0.1, 0.15) is 11.5 Å². The van der Waals surface area contributed by atoms with Gasteiger partial charge in [-0.3, -0.25) is 9.79 Å². The Hall–Kier alpha value is -2.06. The minimum Gasteiger partial charge on any atom is -0.404 e. The summed E-state index contributed by atoms with van der Waals surface area (Å²) < 4.78 is 0. The fourth-order valence-electron chi connectivity index (χ4n) is 4.47. The SMILES string of the molecule is CC=C(NCc1ccc(Cl)c(Cl)c1)NC(=O)C(=NC1CCN(CC2CCCCN2)CC1)C(C)=CN. The zero-order valence-electron chi connectivity index (χ0n) is 20.7. The lowest BCUT2D eigenvalue weighted by Crippen LogP contribution is -2.46. The summed E-state index contributed by atoms with van der Waals surface area (Å²) in [5, 5.41) is 10.8. The molecule has 0 spiro atoms. The van der Waals surface area contributed by atoms with E-state index in [-0.39, 0.29) is 11.9 Å². The molecule has 9 heteroatoms. The molecule has 1 aromatic carbocycles. The average Bonchev–Trinajstić information content (AvgIpc) is 2.88. The number of nitrogens with zero attached hydrogens (tertiary/aromatic N) is 2. The second-order valence-corrected chi connectivity index (χ2v) is 10.1. The average molecular weight is 522 g/mol. The summed E-state index contributed by atoms with van der Waals surface area (Å²) in [6.45, 7) is 8.39. The molecular formula is C26H38Cl2N6O. The number of benzene rings is 1. The Morgan fingerprint density at radius 3 is 2.63 bits per heavy atom. The number of likely N-dealkylation sites (tertiary alicyclic amines) is 1. The second-order valence-electron chi connectivity index (χ2n) is 9.26. The van der Waals surface area contributed by atoms with Crippen molar-refractivity contribution in [2.45, 2.75) is 64.6 Å². The van der Waals surface area contributed by atoms with Crippen LogP contribution in [0.4, 0.5) is 0 Å². The van der Waals surface area contributed by atoms with Crippen molar-refractivity contribution in [3.05, 3.63) is 57.5 Å². The molecule has 35 heavy (non-hydrogen) atoms. The number of hydrogen-bond donors (Lipinski definition) is 4. The highest BCUT2D eigenvalue weighted by atomic mass is 35.5. The van der Waals surface area contributed by atoms with E-state index in [0.717, 1.165) is 44.6 Å². The van der Waals surface area contributed by atoms with Crippen molar-refractivity contribution in [1.29, 1.82) is 0 Å². The molecule has 1 aromatic rings. The number of nitrogens with two attached hydrogens (primary N) is 1. The van der Waals surface area contributed by atoms with Gasteiger partial charge in [-0.25, -0.2) is 0 Å². The predicted octanol–water partition coefficient (Wildman–Crippen LogP) is 3.97. The van der Waals surface area contributed by atoms with Crippen LogP contribution in [0.5, 0.6) is 0 Å². The number of piperidine rings is 2. The minimum atomic E-state index is -0.271. The Bertz CT molecular complexity index is 947. The largest absolute Gasteiger partial charge is 0.404 e. The molecule has 192 valence electrons. The van der Waals surface area contributed by atoms with Crippen LogP contribution in [-0.2, 0) is 11.3 Å². The van der Waals surface area contributed by atoms with E-state index in [4.69, 9.17) is 33.9 Å². The molecule has 2 heterocycles. The topological polar surface area (TPSA) is 94.8 Å². The molecule has 2 saturated heterocycles. The zero-order chi connectivity index (χ0) is 25.2. The van der Waals surface area contributed by atoms with E-state index in [1.165, 1.54) is 25.5 Å². The maximum Gasteiger partial charge on any atom is 0.275 e. The standard InChI is InChI=1S/C26H38Cl2N6O/c1-3-24(31-16-19-7-8-22(27)23(28)14-19)33-26(35)25(18(2)15-29)32-20-9-12-34(13-10-20)17-21-6-4-5-11-30-21/h3,7-8,14-15,20-21,30-31H,4-6,9-13,16-17,29H2,1-2H3,(H,33,35). The quantitative estimate of drug-likeness (QED) is 0.369. The first-order chi connectivity index (χ1) is 16.9. The van der Waals surface area contributed by atoms with Crippen LogP contribution < -0.4 is 21.7 Å². The number of nitrogens with one attached hydrogen (secondary N) is 3. The third kappa shape index (κ3) is 8.53. The molecule has 1 atom stereocenters. The van der Waals surface area contributed by atoms with Crippen LogP contribution in [0.25, 0.3) is 0 Å². The molecule has 1 amide bonds.